The van der Waals surface area contributed by atoms with Crippen LogP contribution in [0.5, 0.6) is 5.75 Å². The van der Waals surface area contributed by atoms with Crippen molar-refractivity contribution in [3.8, 4) is 11.8 Å². The van der Waals surface area contributed by atoms with E-state index in [1.54, 1.807) is 12.1 Å². The van der Waals surface area contributed by atoms with Crippen LogP contribution in [0, 0.1) is 11.3 Å². The lowest BCUT2D eigenvalue weighted by Gasteiger charge is -2.29. The number of fused-ring (bicyclic) bond motifs is 3. The number of nitriles is 1. The summed E-state index contributed by atoms with van der Waals surface area (Å²) in [4.78, 5) is 11.7. The largest absolute Gasteiger partial charge is 0.439 e. The predicted octanol–water partition coefficient (Wildman–Crippen LogP) is 4.89. The molecule has 5 heteroatoms. The Morgan fingerprint density at radius 1 is 1.11 bits per heavy atom. The lowest BCUT2D eigenvalue weighted by Crippen LogP contribution is -2.29. The molecule has 1 atom stereocenters. The van der Waals surface area contributed by atoms with E-state index in [0.717, 1.165) is 21.9 Å². The molecule has 0 saturated heterocycles. The number of amides is 1. The molecule has 1 aliphatic rings. The summed E-state index contributed by atoms with van der Waals surface area (Å²) in [5, 5.41) is 15.1. The summed E-state index contributed by atoms with van der Waals surface area (Å²) in [5.41, 5.74) is 2.13. The van der Waals surface area contributed by atoms with Crippen molar-refractivity contribution in [1.29, 1.82) is 5.26 Å². The molecule has 0 aromatic heterocycles. The van der Waals surface area contributed by atoms with E-state index < -0.39 is 0 Å². The molecule has 3 aromatic rings. The summed E-state index contributed by atoms with van der Waals surface area (Å²) < 4.78 is 6.03. The highest BCUT2D eigenvalue weighted by Crippen LogP contribution is 2.45. The van der Waals surface area contributed by atoms with Gasteiger partial charge in [0.25, 0.3) is 0 Å². The normalized spacial score (nSPS) is 15.7. The average molecular weight is 375 g/mol. The van der Waals surface area contributed by atoms with Gasteiger partial charge in [-0.2, -0.15) is 5.26 Å². The highest BCUT2D eigenvalue weighted by molar-refractivity contribution is 6.30. The first-order valence-electron chi connectivity index (χ1n) is 8.45. The molecule has 1 aliphatic heterocycles. The van der Waals surface area contributed by atoms with Crippen molar-refractivity contribution in [1.82, 2.24) is 5.32 Å². The zero-order valence-electron chi connectivity index (χ0n) is 14.5. The number of nitrogens with zero attached hydrogens (tertiary/aromatic N) is 1. The topological polar surface area (TPSA) is 62.1 Å². The fourth-order valence-corrected chi connectivity index (χ4v) is 3.54. The van der Waals surface area contributed by atoms with Crippen LogP contribution in [0.15, 0.2) is 72.1 Å². The van der Waals surface area contributed by atoms with Gasteiger partial charge in [-0.15, -0.1) is 0 Å². The molecule has 4 nitrogen and oxygen atoms in total. The molecule has 3 aromatic carbocycles. The number of carbonyl (C=O) groups excluding carboxylic acids is 1. The highest BCUT2D eigenvalue weighted by Gasteiger charge is 2.33. The predicted molar refractivity (Wildman–Crippen MR) is 104 cm³/mol. The van der Waals surface area contributed by atoms with Crippen LogP contribution >= 0.6 is 11.6 Å². The number of hydrogen-bond acceptors (Lipinski definition) is 3. The maximum atomic E-state index is 11.7. The molecule has 27 heavy (non-hydrogen) atoms. The highest BCUT2D eigenvalue weighted by atomic mass is 35.5. The minimum Gasteiger partial charge on any atom is -0.439 e. The van der Waals surface area contributed by atoms with Gasteiger partial charge in [0.15, 0.2) is 0 Å². The second-order valence-electron chi connectivity index (χ2n) is 6.33. The zero-order valence-corrected chi connectivity index (χ0v) is 15.2. The van der Waals surface area contributed by atoms with Crippen LogP contribution in [0.2, 0.25) is 5.02 Å². The van der Waals surface area contributed by atoms with Gasteiger partial charge < -0.3 is 4.74 Å². The summed E-state index contributed by atoms with van der Waals surface area (Å²) in [6.07, 6.45) is 0. The van der Waals surface area contributed by atoms with Gasteiger partial charge in [-0.25, -0.2) is 0 Å². The van der Waals surface area contributed by atoms with Gasteiger partial charge in [-0.3, -0.25) is 10.1 Å². The van der Waals surface area contributed by atoms with Gasteiger partial charge in [0.2, 0.25) is 11.8 Å². The van der Waals surface area contributed by atoms with Crippen LogP contribution in [0.3, 0.4) is 0 Å². The van der Waals surface area contributed by atoms with Gasteiger partial charge in [-0.05, 0) is 23.1 Å². The van der Waals surface area contributed by atoms with Crippen LogP contribution in [0.1, 0.15) is 24.0 Å². The van der Waals surface area contributed by atoms with E-state index in [1.165, 1.54) is 6.92 Å². The molecule has 0 saturated carbocycles. The van der Waals surface area contributed by atoms with Gasteiger partial charge in [0.05, 0.1) is 5.92 Å². The molecular weight excluding hydrogens is 360 g/mol. The molecule has 0 bridgehead atoms. The molecule has 0 unspecified atom stereocenters. The van der Waals surface area contributed by atoms with Crippen LogP contribution in [0.4, 0.5) is 0 Å². The molecule has 0 radical (unpaired) electrons. The first-order valence-corrected chi connectivity index (χ1v) is 8.83. The fourth-order valence-electron chi connectivity index (χ4n) is 3.41. The number of benzene rings is 3. The van der Waals surface area contributed by atoms with Crippen molar-refractivity contribution in [3.05, 3.63) is 88.3 Å². The quantitative estimate of drug-likeness (QED) is 0.694. The number of nitrogens with one attached hydrogen (secondary N) is 1. The van der Waals surface area contributed by atoms with E-state index in [2.05, 4.69) is 11.4 Å². The summed E-state index contributed by atoms with van der Waals surface area (Å²) in [7, 11) is 0. The Bertz CT molecular complexity index is 1130. The zero-order chi connectivity index (χ0) is 19.0. The third kappa shape index (κ3) is 3.03. The van der Waals surface area contributed by atoms with Crippen molar-refractivity contribution in [2.75, 3.05) is 0 Å². The van der Waals surface area contributed by atoms with Crippen LogP contribution in [-0.4, -0.2) is 5.91 Å². The standard InChI is InChI=1S/C22H15ClN2O2/c1-13(26)25-22-19(12-24)20(15-6-9-16(23)10-7-15)18-11-8-14-4-2-3-5-17(14)21(18)27-22/h2-11,20H,1H3,(H,25,26)/t20-/m0/s1. The van der Waals surface area contributed by atoms with Crippen molar-refractivity contribution in [3.63, 3.8) is 0 Å². The van der Waals surface area contributed by atoms with E-state index in [-0.39, 0.29) is 17.7 Å². The Hall–Kier alpha value is -3.29. The summed E-state index contributed by atoms with van der Waals surface area (Å²) >= 11 is 6.04. The van der Waals surface area contributed by atoms with E-state index in [9.17, 15) is 10.1 Å². The van der Waals surface area contributed by atoms with Gasteiger partial charge in [0.1, 0.15) is 17.4 Å². The number of hydrogen-bond donors (Lipinski definition) is 1. The Labute approximate surface area is 161 Å². The van der Waals surface area contributed by atoms with E-state index in [1.807, 2.05) is 48.5 Å². The second-order valence-corrected chi connectivity index (χ2v) is 6.76. The fraction of sp³-hybridized carbons (Fsp3) is 0.0909. The van der Waals surface area contributed by atoms with Crippen LogP contribution in [0.25, 0.3) is 10.8 Å². The summed E-state index contributed by atoms with van der Waals surface area (Å²) in [6, 6.07) is 21.4. The molecule has 1 amide bonds. The number of carbonyl (C=O) groups is 1. The molecule has 0 fully saturated rings. The van der Waals surface area contributed by atoms with Crippen LogP contribution in [-0.2, 0) is 4.79 Å². The number of ether oxygens (including phenoxy) is 1. The lowest BCUT2D eigenvalue weighted by molar-refractivity contribution is -0.118. The Kier molecular flexibility index (Phi) is 4.31. The Morgan fingerprint density at radius 3 is 2.56 bits per heavy atom. The SMILES string of the molecule is CC(=O)NC1=C(C#N)[C@@H](c2ccc(Cl)cc2)c2ccc3ccccc3c2O1. The van der Waals surface area contributed by atoms with E-state index >= 15 is 0 Å². The molecule has 4 rings (SSSR count). The molecule has 0 aliphatic carbocycles. The molecular formula is C22H15ClN2O2. The van der Waals surface area contributed by atoms with Crippen molar-refractivity contribution in [2.45, 2.75) is 12.8 Å². The maximum absolute atomic E-state index is 11.7. The minimum atomic E-state index is -0.359. The first-order chi connectivity index (χ1) is 13.1. The van der Waals surface area contributed by atoms with E-state index in [0.29, 0.717) is 16.3 Å². The smallest absolute Gasteiger partial charge is 0.223 e. The number of rotatable bonds is 2. The summed E-state index contributed by atoms with van der Waals surface area (Å²) in [6.45, 7) is 1.39. The van der Waals surface area contributed by atoms with Crippen molar-refractivity contribution >= 4 is 28.3 Å². The van der Waals surface area contributed by atoms with E-state index in [4.69, 9.17) is 16.3 Å². The van der Waals surface area contributed by atoms with Crippen molar-refractivity contribution < 1.29 is 9.53 Å². The third-order valence-corrected chi connectivity index (χ3v) is 4.82. The van der Waals surface area contributed by atoms with Gasteiger partial charge >= 0.3 is 0 Å². The Balaban J connectivity index is 2.00. The van der Waals surface area contributed by atoms with Crippen molar-refractivity contribution in [2.24, 2.45) is 0 Å². The molecule has 1 heterocycles. The molecule has 132 valence electrons. The Morgan fingerprint density at radius 2 is 1.85 bits per heavy atom. The summed E-state index contributed by atoms with van der Waals surface area (Å²) in [5.74, 6) is 0.170. The monoisotopic (exact) mass is 374 g/mol. The van der Waals surface area contributed by atoms with Crippen LogP contribution < -0.4 is 10.1 Å². The lowest BCUT2D eigenvalue weighted by atomic mass is 9.82. The third-order valence-electron chi connectivity index (χ3n) is 4.57. The van der Waals surface area contributed by atoms with Gasteiger partial charge in [-0.1, -0.05) is 60.1 Å². The number of allylic oxidation sites excluding steroid dienone is 1. The maximum Gasteiger partial charge on any atom is 0.223 e. The van der Waals surface area contributed by atoms with Gasteiger partial charge in [0, 0.05) is 22.9 Å². The number of halogens is 1. The first kappa shape index (κ1) is 17.1. The molecule has 1 N–H and O–H groups in total. The second kappa shape index (κ2) is 6.79. The minimum absolute atomic E-state index is 0.175. The average Bonchev–Trinajstić information content (AvgIpc) is 2.67. The molecule has 0 spiro atoms.